The van der Waals surface area contributed by atoms with Crippen molar-refractivity contribution in [1.29, 1.82) is 0 Å². The molecule has 1 atom stereocenters. The predicted octanol–water partition coefficient (Wildman–Crippen LogP) is 0.792. The highest BCUT2D eigenvalue weighted by Gasteiger charge is 2.08. The Morgan fingerprint density at radius 3 is 2.86 bits per heavy atom. The number of aliphatic hydroxyl groups is 1. The second kappa shape index (κ2) is 5.12. The maximum atomic E-state index is 9.65. The quantitative estimate of drug-likeness (QED) is 0.734. The summed E-state index contributed by atoms with van der Waals surface area (Å²) in [5, 5.41) is 16.8. The summed E-state index contributed by atoms with van der Waals surface area (Å²) in [6.45, 7) is 5.75. The van der Waals surface area contributed by atoms with Crippen LogP contribution in [0.2, 0.25) is 0 Å². The molecule has 1 aromatic heterocycles. The van der Waals surface area contributed by atoms with Crippen molar-refractivity contribution in [3.05, 3.63) is 18.0 Å². The second-order valence-corrected chi connectivity index (χ2v) is 3.96. The molecule has 0 fully saturated rings. The van der Waals surface area contributed by atoms with Crippen LogP contribution in [0.15, 0.2) is 12.4 Å². The van der Waals surface area contributed by atoms with Crippen molar-refractivity contribution in [2.24, 2.45) is 5.92 Å². The van der Waals surface area contributed by atoms with Gasteiger partial charge in [0.1, 0.15) is 0 Å². The van der Waals surface area contributed by atoms with E-state index in [1.807, 2.05) is 17.9 Å². The number of likely N-dealkylation sites (N-methyl/N-ethyl adjacent to an activating group) is 1. The number of nitrogens with zero attached hydrogens (tertiary/aromatic N) is 2. The summed E-state index contributed by atoms with van der Waals surface area (Å²) in [7, 11) is 1.82. The van der Waals surface area contributed by atoms with Gasteiger partial charge >= 0.3 is 0 Å². The van der Waals surface area contributed by atoms with Gasteiger partial charge in [-0.1, -0.05) is 13.8 Å². The molecule has 0 amide bonds. The molecule has 0 aliphatic heterocycles. The molecule has 1 aromatic rings. The highest BCUT2D eigenvalue weighted by atomic mass is 16.3. The van der Waals surface area contributed by atoms with Gasteiger partial charge in [-0.05, 0) is 13.0 Å². The van der Waals surface area contributed by atoms with Crippen molar-refractivity contribution in [2.75, 3.05) is 13.6 Å². The molecule has 4 nitrogen and oxygen atoms in total. The summed E-state index contributed by atoms with van der Waals surface area (Å²) < 4.78 is 1.87. The van der Waals surface area contributed by atoms with E-state index >= 15 is 0 Å². The molecule has 1 unspecified atom stereocenters. The van der Waals surface area contributed by atoms with Crippen LogP contribution in [0, 0.1) is 5.92 Å². The lowest BCUT2D eigenvalue weighted by molar-refractivity contribution is 0.177. The van der Waals surface area contributed by atoms with Crippen LogP contribution in [-0.4, -0.2) is 28.5 Å². The van der Waals surface area contributed by atoms with Crippen molar-refractivity contribution in [2.45, 2.75) is 26.5 Å². The maximum absolute atomic E-state index is 9.65. The Morgan fingerprint density at radius 2 is 2.29 bits per heavy atom. The van der Waals surface area contributed by atoms with Crippen LogP contribution in [-0.2, 0) is 6.54 Å². The second-order valence-electron chi connectivity index (χ2n) is 3.96. The summed E-state index contributed by atoms with van der Waals surface area (Å²) in [4.78, 5) is 0. The zero-order valence-electron chi connectivity index (χ0n) is 9.07. The molecular weight excluding hydrogens is 178 g/mol. The highest BCUT2D eigenvalue weighted by molar-refractivity contribution is 5.08. The average Bonchev–Trinajstić information content (AvgIpc) is 2.52. The van der Waals surface area contributed by atoms with Crippen LogP contribution in [0.3, 0.4) is 0 Å². The van der Waals surface area contributed by atoms with Crippen molar-refractivity contribution in [3.63, 3.8) is 0 Å². The van der Waals surface area contributed by atoms with E-state index in [9.17, 15) is 5.11 Å². The summed E-state index contributed by atoms with van der Waals surface area (Å²) in [6.07, 6.45) is 3.17. The molecule has 0 saturated heterocycles. The SMILES string of the molecule is CNCC(O)c1cnn(CC(C)C)c1. The smallest absolute Gasteiger partial charge is 0.0944 e. The molecule has 0 radical (unpaired) electrons. The average molecular weight is 197 g/mol. The minimum Gasteiger partial charge on any atom is -0.387 e. The van der Waals surface area contributed by atoms with Crippen LogP contribution >= 0.6 is 0 Å². The Kier molecular flexibility index (Phi) is 4.10. The number of aromatic nitrogens is 2. The molecule has 1 rings (SSSR count). The van der Waals surface area contributed by atoms with E-state index in [2.05, 4.69) is 24.3 Å². The Labute approximate surface area is 84.9 Å². The van der Waals surface area contributed by atoms with Crippen LogP contribution in [0.5, 0.6) is 0 Å². The van der Waals surface area contributed by atoms with Crippen LogP contribution in [0.4, 0.5) is 0 Å². The first kappa shape index (κ1) is 11.2. The Hall–Kier alpha value is -0.870. The van der Waals surface area contributed by atoms with Gasteiger partial charge in [0.2, 0.25) is 0 Å². The first-order valence-electron chi connectivity index (χ1n) is 4.98. The first-order valence-corrected chi connectivity index (χ1v) is 4.98. The molecule has 0 bridgehead atoms. The van der Waals surface area contributed by atoms with E-state index < -0.39 is 6.10 Å². The lowest BCUT2D eigenvalue weighted by Gasteiger charge is -2.06. The minimum atomic E-state index is -0.457. The molecule has 0 aliphatic rings. The van der Waals surface area contributed by atoms with Gasteiger partial charge in [0.15, 0.2) is 0 Å². The largest absolute Gasteiger partial charge is 0.387 e. The highest BCUT2D eigenvalue weighted by Crippen LogP contribution is 2.11. The molecule has 0 aromatic carbocycles. The van der Waals surface area contributed by atoms with Crippen LogP contribution in [0.1, 0.15) is 25.5 Å². The van der Waals surface area contributed by atoms with Gasteiger partial charge in [0.25, 0.3) is 0 Å². The molecule has 14 heavy (non-hydrogen) atoms. The number of hydrogen-bond donors (Lipinski definition) is 2. The summed E-state index contributed by atoms with van der Waals surface area (Å²) in [5.74, 6) is 0.573. The van der Waals surface area contributed by atoms with Gasteiger partial charge in [0, 0.05) is 24.8 Å². The topological polar surface area (TPSA) is 50.1 Å². The standard InChI is InChI=1S/C10H19N3O/c1-8(2)6-13-7-9(4-12-13)10(14)5-11-3/h4,7-8,10-11,14H,5-6H2,1-3H3. The molecule has 1 heterocycles. The Balaban J connectivity index is 2.58. The van der Waals surface area contributed by atoms with E-state index in [0.717, 1.165) is 12.1 Å². The van der Waals surface area contributed by atoms with E-state index in [1.165, 1.54) is 0 Å². The molecule has 0 spiro atoms. The molecule has 4 heteroatoms. The van der Waals surface area contributed by atoms with Crippen molar-refractivity contribution in [1.82, 2.24) is 15.1 Å². The number of nitrogens with one attached hydrogen (secondary N) is 1. The van der Waals surface area contributed by atoms with Gasteiger partial charge in [0.05, 0.1) is 12.3 Å². The van der Waals surface area contributed by atoms with Crippen LogP contribution in [0.25, 0.3) is 0 Å². The summed E-state index contributed by atoms with van der Waals surface area (Å²) in [6, 6.07) is 0. The number of aliphatic hydroxyl groups excluding tert-OH is 1. The zero-order valence-corrected chi connectivity index (χ0v) is 9.07. The van der Waals surface area contributed by atoms with Gasteiger partial charge in [-0.3, -0.25) is 4.68 Å². The van der Waals surface area contributed by atoms with E-state index in [4.69, 9.17) is 0 Å². The van der Waals surface area contributed by atoms with E-state index in [-0.39, 0.29) is 0 Å². The third-order valence-corrected chi connectivity index (χ3v) is 1.99. The molecule has 0 saturated carbocycles. The number of hydrogen-bond acceptors (Lipinski definition) is 3. The zero-order chi connectivity index (χ0) is 10.6. The summed E-state index contributed by atoms with van der Waals surface area (Å²) in [5.41, 5.74) is 0.875. The molecule has 80 valence electrons. The van der Waals surface area contributed by atoms with Gasteiger partial charge in [-0.15, -0.1) is 0 Å². The molecule has 2 N–H and O–H groups in total. The van der Waals surface area contributed by atoms with Crippen molar-refractivity contribution in [3.8, 4) is 0 Å². The first-order chi connectivity index (χ1) is 6.63. The fraction of sp³-hybridized carbons (Fsp3) is 0.700. The van der Waals surface area contributed by atoms with E-state index in [1.54, 1.807) is 6.20 Å². The fourth-order valence-electron chi connectivity index (χ4n) is 1.34. The lowest BCUT2D eigenvalue weighted by atomic mass is 10.2. The maximum Gasteiger partial charge on any atom is 0.0944 e. The minimum absolute atomic E-state index is 0.457. The monoisotopic (exact) mass is 197 g/mol. The molecular formula is C10H19N3O. The van der Waals surface area contributed by atoms with Crippen molar-refractivity contribution >= 4 is 0 Å². The van der Waals surface area contributed by atoms with E-state index in [0.29, 0.717) is 12.5 Å². The van der Waals surface area contributed by atoms with Gasteiger partial charge in [-0.2, -0.15) is 5.10 Å². The normalized spacial score (nSPS) is 13.5. The summed E-state index contributed by atoms with van der Waals surface area (Å²) >= 11 is 0. The Bertz CT molecular complexity index is 270. The lowest BCUT2D eigenvalue weighted by Crippen LogP contribution is -2.16. The van der Waals surface area contributed by atoms with Gasteiger partial charge in [-0.25, -0.2) is 0 Å². The van der Waals surface area contributed by atoms with Crippen LogP contribution < -0.4 is 5.32 Å². The van der Waals surface area contributed by atoms with Crippen molar-refractivity contribution < 1.29 is 5.11 Å². The molecule has 0 aliphatic carbocycles. The predicted molar refractivity (Wildman–Crippen MR) is 56.0 cm³/mol. The third-order valence-electron chi connectivity index (χ3n) is 1.99. The number of rotatable bonds is 5. The Morgan fingerprint density at radius 1 is 1.57 bits per heavy atom. The third kappa shape index (κ3) is 3.12. The fourth-order valence-corrected chi connectivity index (χ4v) is 1.34. The van der Waals surface area contributed by atoms with Gasteiger partial charge < -0.3 is 10.4 Å².